The summed E-state index contributed by atoms with van der Waals surface area (Å²) in [5.74, 6) is 0.401. The second-order valence-electron chi connectivity index (χ2n) is 7.80. The molecule has 1 aliphatic rings. The van der Waals surface area contributed by atoms with Gasteiger partial charge >= 0.3 is 0 Å². The fourth-order valence-electron chi connectivity index (χ4n) is 4.02. The summed E-state index contributed by atoms with van der Waals surface area (Å²) < 4.78 is 1.61. The number of anilines is 3. The fraction of sp³-hybridized carbons (Fsp3) is 0.208. The highest BCUT2D eigenvalue weighted by Gasteiger charge is 2.15. The lowest BCUT2D eigenvalue weighted by molar-refractivity contribution is 0.589. The number of halogens is 1. The standard InChI is InChI=1S/C24H23ClN6O/c1-16-13-22(32)31(18-5-3-2-4-6-18)23-19(16)15-27-24(29-23)28-17-7-8-21(20(25)14-17)30-11-9-26-10-12-30/h2-8,13-15,26H,9-12H2,1H3,(H,27,28,29). The van der Waals surface area contributed by atoms with Gasteiger partial charge in [0.1, 0.15) is 0 Å². The van der Waals surface area contributed by atoms with E-state index < -0.39 is 0 Å². The maximum absolute atomic E-state index is 12.8. The van der Waals surface area contributed by atoms with E-state index in [2.05, 4.69) is 25.5 Å². The first-order valence-electron chi connectivity index (χ1n) is 10.6. The monoisotopic (exact) mass is 446 g/mol. The van der Waals surface area contributed by atoms with Crippen LogP contribution in [-0.4, -0.2) is 40.7 Å². The molecule has 2 aromatic carbocycles. The minimum atomic E-state index is -0.130. The SMILES string of the molecule is Cc1cc(=O)n(-c2ccccc2)c2nc(Nc3ccc(N4CCNCC4)c(Cl)c3)ncc12. The van der Waals surface area contributed by atoms with Crippen molar-refractivity contribution in [3.63, 3.8) is 0 Å². The summed E-state index contributed by atoms with van der Waals surface area (Å²) >= 11 is 6.58. The lowest BCUT2D eigenvalue weighted by Crippen LogP contribution is -2.43. The van der Waals surface area contributed by atoms with Crippen molar-refractivity contribution >= 4 is 40.0 Å². The number of nitrogens with zero attached hydrogens (tertiary/aromatic N) is 4. The topological polar surface area (TPSA) is 75.1 Å². The van der Waals surface area contributed by atoms with Crippen LogP contribution in [0, 0.1) is 6.92 Å². The normalized spacial score (nSPS) is 14.0. The third kappa shape index (κ3) is 3.92. The van der Waals surface area contributed by atoms with Crippen LogP contribution in [0.3, 0.4) is 0 Å². The molecule has 0 spiro atoms. The van der Waals surface area contributed by atoms with Gasteiger partial charge in [0.05, 0.1) is 16.4 Å². The molecule has 8 heteroatoms. The van der Waals surface area contributed by atoms with Gasteiger partial charge in [-0.3, -0.25) is 9.36 Å². The Morgan fingerprint density at radius 2 is 1.84 bits per heavy atom. The van der Waals surface area contributed by atoms with Gasteiger partial charge in [-0.1, -0.05) is 29.8 Å². The van der Waals surface area contributed by atoms with E-state index in [0.717, 1.165) is 54.2 Å². The summed E-state index contributed by atoms with van der Waals surface area (Å²) in [4.78, 5) is 24.2. The van der Waals surface area contributed by atoms with Gasteiger partial charge in [-0.25, -0.2) is 4.98 Å². The van der Waals surface area contributed by atoms with Gasteiger partial charge in [-0.15, -0.1) is 0 Å². The third-order valence-corrected chi connectivity index (χ3v) is 5.94. The van der Waals surface area contributed by atoms with Gasteiger partial charge in [0, 0.05) is 49.5 Å². The second-order valence-corrected chi connectivity index (χ2v) is 8.20. The predicted molar refractivity (Wildman–Crippen MR) is 130 cm³/mol. The van der Waals surface area contributed by atoms with Crippen LogP contribution in [0.1, 0.15) is 5.56 Å². The van der Waals surface area contributed by atoms with Crippen molar-refractivity contribution in [3.05, 3.63) is 81.7 Å². The Labute approximate surface area is 190 Å². The highest BCUT2D eigenvalue weighted by Crippen LogP contribution is 2.30. The van der Waals surface area contributed by atoms with E-state index in [1.54, 1.807) is 16.8 Å². The van der Waals surface area contributed by atoms with Crippen LogP contribution in [0.15, 0.2) is 65.6 Å². The van der Waals surface area contributed by atoms with Gasteiger partial charge in [-0.05, 0) is 42.8 Å². The number of hydrogen-bond acceptors (Lipinski definition) is 6. The first-order valence-corrected chi connectivity index (χ1v) is 10.9. The predicted octanol–water partition coefficient (Wildman–Crippen LogP) is 3.90. The molecule has 2 N–H and O–H groups in total. The van der Waals surface area contributed by atoms with E-state index in [0.29, 0.717) is 16.6 Å². The Hall–Kier alpha value is -3.42. The number of rotatable bonds is 4. The number of para-hydroxylation sites is 1. The van der Waals surface area contributed by atoms with Gasteiger partial charge < -0.3 is 15.5 Å². The minimum absolute atomic E-state index is 0.130. The molecule has 1 saturated heterocycles. The summed E-state index contributed by atoms with van der Waals surface area (Å²) in [6.45, 7) is 5.64. The molecular formula is C24H23ClN6O. The van der Waals surface area contributed by atoms with E-state index in [4.69, 9.17) is 11.6 Å². The number of benzene rings is 2. The molecule has 0 unspecified atom stereocenters. The molecule has 0 saturated carbocycles. The molecule has 7 nitrogen and oxygen atoms in total. The van der Waals surface area contributed by atoms with Crippen LogP contribution < -0.4 is 21.1 Å². The van der Waals surface area contributed by atoms with Crippen LogP contribution in [-0.2, 0) is 0 Å². The molecule has 5 rings (SSSR count). The average molecular weight is 447 g/mol. The van der Waals surface area contributed by atoms with Crippen molar-refractivity contribution < 1.29 is 0 Å². The number of pyridine rings is 1. The lowest BCUT2D eigenvalue weighted by atomic mass is 10.2. The Bertz CT molecular complexity index is 1330. The van der Waals surface area contributed by atoms with Crippen molar-refractivity contribution in [3.8, 4) is 5.69 Å². The first-order chi connectivity index (χ1) is 15.6. The number of fused-ring (bicyclic) bond motifs is 1. The number of aromatic nitrogens is 3. The molecule has 0 amide bonds. The van der Waals surface area contributed by atoms with Crippen molar-refractivity contribution in [2.24, 2.45) is 0 Å². The Morgan fingerprint density at radius 3 is 2.59 bits per heavy atom. The van der Waals surface area contributed by atoms with Crippen LogP contribution in [0.25, 0.3) is 16.7 Å². The number of nitrogens with one attached hydrogen (secondary N) is 2. The van der Waals surface area contributed by atoms with E-state index in [1.807, 2.05) is 55.5 Å². The molecule has 162 valence electrons. The molecular weight excluding hydrogens is 424 g/mol. The average Bonchev–Trinajstić information content (AvgIpc) is 2.80. The van der Waals surface area contributed by atoms with Gasteiger partial charge in [0.2, 0.25) is 5.95 Å². The first kappa shape index (κ1) is 20.5. The van der Waals surface area contributed by atoms with Crippen LogP contribution in [0.5, 0.6) is 0 Å². The van der Waals surface area contributed by atoms with E-state index in [-0.39, 0.29) is 5.56 Å². The molecule has 0 atom stereocenters. The quantitative estimate of drug-likeness (QED) is 0.495. The Balaban J connectivity index is 1.51. The van der Waals surface area contributed by atoms with E-state index >= 15 is 0 Å². The maximum atomic E-state index is 12.8. The summed E-state index contributed by atoms with van der Waals surface area (Å²) in [6, 6.07) is 17.0. The Kier molecular flexibility index (Phi) is 5.51. The highest BCUT2D eigenvalue weighted by atomic mass is 35.5. The smallest absolute Gasteiger partial charge is 0.257 e. The van der Waals surface area contributed by atoms with Crippen LogP contribution in [0.2, 0.25) is 5.02 Å². The zero-order chi connectivity index (χ0) is 22.1. The largest absolute Gasteiger partial charge is 0.368 e. The van der Waals surface area contributed by atoms with Crippen LogP contribution in [0.4, 0.5) is 17.3 Å². The third-order valence-electron chi connectivity index (χ3n) is 5.64. The zero-order valence-electron chi connectivity index (χ0n) is 17.7. The summed E-state index contributed by atoms with van der Waals surface area (Å²) in [6.07, 6.45) is 1.75. The summed E-state index contributed by atoms with van der Waals surface area (Å²) in [5, 5.41) is 8.08. The maximum Gasteiger partial charge on any atom is 0.257 e. The molecule has 1 fully saturated rings. The molecule has 0 bridgehead atoms. The molecule has 2 aromatic heterocycles. The molecule has 32 heavy (non-hydrogen) atoms. The van der Waals surface area contributed by atoms with Crippen LogP contribution >= 0.6 is 11.6 Å². The highest BCUT2D eigenvalue weighted by molar-refractivity contribution is 6.33. The second kappa shape index (κ2) is 8.61. The van der Waals surface area contributed by atoms with E-state index in [1.165, 1.54) is 0 Å². The molecule has 4 aromatic rings. The van der Waals surface area contributed by atoms with Crippen molar-refractivity contribution in [1.29, 1.82) is 0 Å². The lowest BCUT2D eigenvalue weighted by Gasteiger charge is -2.30. The molecule has 3 heterocycles. The number of hydrogen-bond donors (Lipinski definition) is 2. The van der Waals surface area contributed by atoms with Crippen molar-refractivity contribution in [2.75, 3.05) is 36.4 Å². The van der Waals surface area contributed by atoms with Gasteiger partial charge in [0.25, 0.3) is 5.56 Å². The van der Waals surface area contributed by atoms with Crippen molar-refractivity contribution in [1.82, 2.24) is 19.9 Å². The fourth-order valence-corrected chi connectivity index (χ4v) is 4.32. The van der Waals surface area contributed by atoms with Gasteiger partial charge in [0.15, 0.2) is 5.65 Å². The van der Waals surface area contributed by atoms with Crippen molar-refractivity contribution in [2.45, 2.75) is 6.92 Å². The molecule has 0 aliphatic carbocycles. The zero-order valence-corrected chi connectivity index (χ0v) is 18.4. The molecule has 0 radical (unpaired) electrons. The summed E-state index contributed by atoms with van der Waals surface area (Å²) in [7, 11) is 0. The number of aryl methyl sites for hydroxylation is 1. The number of piperazine rings is 1. The van der Waals surface area contributed by atoms with Gasteiger partial charge in [-0.2, -0.15) is 4.98 Å². The summed E-state index contributed by atoms with van der Waals surface area (Å²) in [5.41, 5.74) is 3.83. The Morgan fingerprint density at radius 1 is 1.06 bits per heavy atom. The van der Waals surface area contributed by atoms with E-state index in [9.17, 15) is 4.79 Å². The minimum Gasteiger partial charge on any atom is -0.368 e. The molecule has 1 aliphatic heterocycles.